The van der Waals surface area contributed by atoms with Crippen LogP contribution >= 0.6 is 23.4 Å². The number of methoxy groups -OCH3 is 1. The summed E-state index contributed by atoms with van der Waals surface area (Å²) in [7, 11) is 1.55. The fourth-order valence-corrected chi connectivity index (χ4v) is 3.69. The molecule has 0 spiro atoms. The Hall–Kier alpha value is -3.37. The van der Waals surface area contributed by atoms with E-state index in [-0.39, 0.29) is 17.3 Å². The number of nitro groups is 1. The van der Waals surface area contributed by atoms with Crippen LogP contribution < -0.4 is 10.1 Å². The molecule has 0 aliphatic heterocycles. The van der Waals surface area contributed by atoms with Crippen molar-refractivity contribution in [2.75, 3.05) is 18.2 Å². The fourth-order valence-electron chi connectivity index (χ4n) is 2.77. The number of anilines is 1. The Bertz CT molecular complexity index is 1130. The van der Waals surface area contributed by atoms with Crippen molar-refractivity contribution in [2.24, 2.45) is 0 Å². The summed E-state index contributed by atoms with van der Waals surface area (Å²) in [4.78, 5) is 22.7. The van der Waals surface area contributed by atoms with E-state index in [0.717, 1.165) is 0 Å². The van der Waals surface area contributed by atoms with Crippen molar-refractivity contribution < 1.29 is 14.5 Å². The molecule has 0 saturated carbocycles. The maximum atomic E-state index is 12.3. The van der Waals surface area contributed by atoms with E-state index in [1.807, 2.05) is 0 Å². The van der Waals surface area contributed by atoms with Crippen LogP contribution in [0.15, 0.2) is 60.3 Å². The van der Waals surface area contributed by atoms with Crippen molar-refractivity contribution in [1.29, 1.82) is 0 Å². The molecule has 31 heavy (non-hydrogen) atoms. The number of carbonyl (C=O) groups excluding carboxylic acids is 1. The summed E-state index contributed by atoms with van der Waals surface area (Å²) < 4.78 is 7.20. The van der Waals surface area contributed by atoms with Gasteiger partial charge in [0.1, 0.15) is 5.75 Å². The Morgan fingerprint density at radius 3 is 2.87 bits per heavy atom. The molecule has 0 aliphatic rings. The van der Waals surface area contributed by atoms with Crippen molar-refractivity contribution in [1.82, 2.24) is 14.8 Å². The zero-order valence-corrected chi connectivity index (χ0v) is 18.0. The van der Waals surface area contributed by atoms with E-state index in [0.29, 0.717) is 39.5 Å². The fraction of sp³-hybridized carbons (Fsp3) is 0.150. The minimum atomic E-state index is -0.520. The number of benzene rings is 2. The minimum Gasteiger partial charge on any atom is -0.496 e. The van der Waals surface area contributed by atoms with Crippen molar-refractivity contribution in [3.63, 3.8) is 0 Å². The second kappa shape index (κ2) is 10.1. The summed E-state index contributed by atoms with van der Waals surface area (Å²) in [5.41, 5.74) is 0.908. The smallest absolute Gasteiger partial charge is 0.271 e. The molecule has 9 nitrogen and oxygen atoms in total. The molecule has 1 aromatic heterocycles. The summed E-state index contributed by atoms with van der Waals surface area (Å²) in [6, 6.07) is 10.9. The zero-order valence-electron chi connectivity index (χ0n) is 16.4. The van der Waals surface area contributed by atoms with E-state index >= 15 is 0 Å². The van der Waals surface area contributed by atoms with E-state index in [1.54, 1.807) is 42.0 Å². The maximum absolute atomic E-state index is 12.3. The Labute approximate surface area is 187 Å². The summed E-state index contributed by atoms with van der Waals surface area (Å²) in [5, 5.41) is 23.0. The van der Waals surface area contributed by atoms with E-state index in [1.165, 1.54) is 30.0 Å². The number of thioether (sulfide) groups is 1. The molecule has 0 saturated heterocycles. The second-order valence-electron chi connectivity index (χ2n) is 6.19. The number of nitrogens with zero attached hydrogens (tertiary/aromatic N) is 4. The Morgan fingerprint density at radius 1 is 1.35 bits per heavy atom. The van der Waals surface area contributed by atoms with Crippen LogP contribution in [0.1, 0.15) is 0 Å². The zero-order chi connectivity index (χ0) is 22.4. The van der Waals surface area contributed by atoms with E-state index in [2.05, 4.69) is 22.1 Å². The molecule has 0 bridgehead atoms. The van der Waals surface area contributed by atoms with E-state index in [4.69, 9.17) is 16.3 Å². The summed E-state index contributed by atoms with van der Waals surface area (Å²) in [5.74, 6) is 0.813. The average Bonchev–Trinajstić information content (AvgIpc) is 3.15. The number of aromatic nitrogens is 3. The van der Waals surface area contributed by atoms with Crippen molar-refractivity contribution in [3.8, 4) is 17.1 Å². The Kier molecular flexibility index (Phi) is 7.27. The molecule has 1 N–H and O–H groups in total. The largest absolute Gasteiger partial charge is 0.496 e. The molecule has 0 aliphatic carbocycles. The lowest BCUT2D eigenvalue weighted by molar-refractivity contribution is -0.384. The van der Waals surface area contributed by atoms with Crippen LogP contribution in [-0.4, -0.2) is 38.5 Å². The van der Waals surface area contributed by atoms with Crippen LogP contribution in [0.25, 0.3) is 11.4 Å². The van der Waals surface area contributed by atoms with E-state index < -0.39 is 4.92 Å². The summed E-state index contributed by atoms with van der Waals surface area (Å²) in [6.45, 7) is 4.18. The van der Waals surface area contributed by atoms with Crippen LogP contribution in [0.5, 0.6) is 5.75 Å². The highest BCUT2D eigenvalue weighted by atomic mass is 35.5. The number of ether oxygens (including phenoxy) is 1. The van der Waals surface area contributed by atoms with Crippen LogP contribution in [0.2, 0.25) is 5.02 Å². The van der Waals surface area contributed by atoms with Gasteiger partial charge in [0.25, 0.3) is 5.69 Å². The van der Waals surface area contributed by atoms with Crippen LogP contribution in [0.4, 0.5) is 11.4 Å². The van der Waals surface area contributed by atoms with Gasteiger partial charge in [-0.1, -0.05) is 35.5 Å². The van der Waals surface area contributed by atoms with Gasteiger partial charge in [0.05, 0.1) is 23.3 Å². The van der Waals surface area contributed by atoms with Gasteiger partial charge in [-0.25, -0.2) is 0 Å². The number of carbonyl (C=O) groups is 1. The summed E-state index contributed by atoms with van der Waals surface area (Å²) >= 11 is 7.32. The van der Waals surface area contributed by atoms with Gasteiger partial charge in [-0.05, 0) is 24.3 Å². The first-order chi connectivity index (χ1) is 14.9. The lowest BCUT2D eigenvalue weighted by Crippen LogP contribution is -2.14. The number of hydrogen-bond acceptors (Lipinski definition) is 7. The first kappa shape index (κ1) is 22.3. The molecule has 3 rings (SSSR count). The predicted molar refractivity (Wildman–Crippen MR) is 120 cm³/mol. The molecule has 160 valence electrons. The van der Waals surface area contributed by atoms with Crippen molar-refractivity contribution in [2.45, 2.75) is 11.7 Å². The lowest BCUT2D eigenvalue weighted by Gasteiger charge is -2.11. The number of halogens is 1. The van der Waals surface area contributed by atoms with Gasteiger partial charge in [-0.15, -0.1) is 16.8 Å². The van der Waals surface area contributed by atoms with Crippen molar-refractivity contribution in [3.05, 3.63) is 70.3 Å². The highest BCUT2D eigenvalue weighted by Crippen LogP contribution is 2.33. The molecule has 3 aromatic rings. The Balaban J connectivity index is 1.77. The molecule has 1 amide bonds. The molecule has 2 aromatic carbocycles. The third-order valence-corrected chi connectivity index (χ3v) is 5.31. The van der Waals surface area contributed by atoms with Crippen LogP contribution in [0.3, 0.4) is 0 Å². The Morgan fingerprint density at radius 2 is 2.16 bits per heavy atom. The SMILES string of the molecule is C=CCn1c(SCC(=O)Nc2cccc([N+](=O)[O-])c2)nnc1-c1cc(Cl)ccc1OC. The minimum absolute atomic E-state index is 0.0324. The topological polar surface area (TPSA) is 112 Å². The van der Waals surface area contributed by atoms with Gasteiger partial charge in [-0.2, -0.15) is 0 Å². The first-order valence-electron chi connectivity index (χ1n) is 8.98. The van der Waals surface area contributed by atoms with Gasteiger partial charge in [-0.3, -0.25) is 19.5 Å². The molecule has 0 atom stereocenters. The number of rotatable bonds is 9. The molecule has 1 heterocycles. The van der Waals surface area contributed by atoms with Gasteiger partial charge in [0, 0.05) is 29.4 Å². The standard InChI is InChI=1S/C20H18ClN5O4S/c1-3-9-25-19(16-10-13(21)7-8-17(16)30-2)23-24-20(25)31-12-18(27)22-14-5-4-6-15(11-14)26(28)29/h3-8,10-11H,1,9,12H2,2H3,(H,22,27). The highest BCUT2D eigenvalue weighted by Gasteiger charge is 2.18. The van der Waals surface area contributed by atoms with Crippen LogP contribution in [-0.2, 0) is 11.3 Å². The molecular weight excluding hydrogens is 442 g/mol. The average molecular weight is 460 g/mol. The molecule has 0 radical (unpaired) electrons. The molecular formula is C20H18ClN5O4S. The quantitative estimate of drug-likeness (QED) is 0.218. The number of nitro benzene ring substituents is 1. The van der Waals surface area contributed by atoms with Gasteiger partial charge in [0.15, 0.2) is 11.0 Å². The van der Waals surface area contributed by atoms with E-state index in [9.17, 15) is 14.9 Å². The maximum Gasteiger partial charge on any atom is 0.271 e. The molecule has 0 unspecified atom stereocenters. The third kappa shape index (κ3) is 5.41. The molecule has 11 heteroatoms. The third-order valence-electron chi connectivity index (χ3n) is 4.10. The van der Waals surface area contributed by atoms with Crippen LogP contribution in [0, 0.1) is 10.1 Å². The number of non-ortho nitro benzene ring substituents is 1. The van der Waals surface area contributed by atoms with Gasteiger partial charge < -0.3 is 10.1 Å². The summed E-state index contributed by atoms with van der Waals surface area (Å²) in [6.07, 6.45) is 1.69. The normalized spacial score (nSPS) is 10.5. The number of nitrogens with one attached hydrogen (secondary N) is 1. The highest BCUT2D eigenvalue weighted by molar-refractivity contribution is 7.99. The second-order valence-corrected chi connectivity index (χ2v) is 7.57. The van der Waals surface area contributed by atoms with Crippen molar-refractivity contribution >= 4 is 40.6 Å². The molecule has 0 fully saturated rings. The monoisotopic (exact) mass is 459 g/mol. The number of allylic oxidation sites excluding steroid dienone is 1. The lowest BCUT2D eigenvalue weighted by atomic mass is 10.2. The number of amides is 1. The van der Waals surface area contributed by atoms with Gasteiger partial charge in [0.2, 0.25) is 5.91 Å². The first-order valence-corrected chi connectivity index (χ1v) is 10.3. The predicted octanol–water partition coefficient (Wildman–Crippen LogP) is 4.43. The number of hydrogen-bond donors (Lipinski definition) is 1. The van der Waals surface area contributed by atoms with Gasteiger partial charge >= 0.3 is 0 Å².